The van der Waals surface area contributed by atoms with E-state index in [1.54, 1.807) is 0 Å². The molecule has 4 rings (SSSR count). The number of hydrogen-bond donors (Lipinski definition) is 2. The van der Waals surface area contributed by atoms with Crippen LogP contribution in [0.25, 0.3) is 0 Å². The molecule has 34 heavy (non-hydrogen) atoms. The summed E-state index contributed by atoms with van der Waals surface area (Å²) in [5.74, 6) is 1.01. The Kier molecular flexibility index (Phi) is 6.82. The first kappa shape index (κ1) is 25.5. The van der Waals surface area contributed by atoms with E-state index in [1.807, 2.05) is 6.08 Å². The highest BCUT2D eigenvalue weighted by molar-refractivity contribution is 5.91. The molecule has 0 spiro atoms. The highest BCUT2D eigenvalue weighted by atomic mass is 19.3. The molecule has 190 valence electrons. The van der Waals surface area contributed by atoms with Gasteiger partial charge in [0.25, 0.3) is 6.43 Å². The molecule has 0 aromatic heterocycles. The second-order valence-corrected chi connectivity index (χ2v) is 11.9. The third-order valence-corrected chi connectivity index (χ3v) is 10.4. The van der Waals surface area contributed by atoms with Gasteiger partial charge < -0.3 is 10.8 Å². The standard InChI is InChI=1S/C27H40F2N2O3/c1-16(31-14-4-11-27(30,23(28)29)24(33)34)20-7-8-21-19-6-5-17-15-18(32)9-12-25(17,2)22(19)10-13-26(20,21)3/h15,19-23H,4-14,30H2,1-3H3,(H,33,34). The maximum Gasteiger partial charge on any atom is 0.329 e. The molecule has 0 bridgehead atoms. The fraction of sp³-hybridized carbons (Fsp3) is 0.815. The van der Waals surface area contributed by atoms with Gasteiger partial charge in [0.05, 0.1) is 0 Å². The minimum absolute atomic E-state index is 0.170. The summed E-state index contributed by atoms with van der Waals surface area (Å²) in [5.41, 5.74) is 5.76. The third-order valence-electron chi connectivity index (χ3n) is 10.4. The number of hydrogen-bond acceptors (Lipinski definition) is 4. The zero-order valence-electron chi connectivity index (χ0n) is 20.8. The first-order valence-corrected chi connectivity index (χ1v) is 13.0. The van der Waals surface area contributed by atoms with E-state index in [4.69, 9.17) is 15.8 Å². The lowest BCUT2D eigenvalue weighted by Gasteiger charge is -2.58. The summed E-state index contributed by atoms with van der Waals surface area (Å²) in [6, 6.07) is 0. The largest absolute Gasteiger partial charge is 0.480 e. The van der Waals surface area contributed by atoms with Crippen molar-refractivity contribution in [1.29, 1.82) is 0 Å². The van der Waals surface area contributed by atoms with E-state index in [1.165, 1.54) is 24.8 Å². The topological polar surface area (TPSA) is 92.8 Å². The number of alkyl halides is 2. The number of nitrogens with zero attached hydrogens (tertiary/aromatic N) is 1. The second kappa shape index (κ2) is 9.11. The van der Waals surface area contributed by atoms with Gasteiger partial charge in [0.2, 0.25) is 0 Å². The molecule has 3 saturated carbocycles. The van der Waals surface area contributed by atoms with Gasteiger partial charge in [0.15, 0.2) is 11.3 Å². The lowest BCUT2D eigenvalue weighted by atomic mass is 9.46. The minimum Gasteiger partial charge on any atom is -0.480 e. The number of aliphatic carboxylic acids is 1. The van der Waals surface area contributed by atoms with Crippen LogP contribution in [0.15, 0.2) is 16.6 Å². The van der Waals surface area contributed by atoms with Crippen LogP contribution < -0.4 is 5.73 Å². The summed E-state index contributed by atoms with van der Waals surface area (Å²) in [5, 5.41) is 9.08. The summed E-state index contributed by atoms with van der Waals surface area (Å²) in [6.07, 6.45) is 7.31. The molecule has 4 aliphatic carbocycles. The molecule has 5 nitrogen and oxygen atoms in total. The zero-order chi connectivity index (χ0) is 24.9. The molecule has 3 fully saturated rings. The van der Waals surface area contributed by atoms with Gasteiger partial charge in [-0.05, 0) is 99.4 Å². The molecule has 0 aromatic rings. The van der Waals surface area contributed by atoms with Crippen molar-refractivity contribution in [2.24, 2.45) is 45.2 Å². The van der Waals surface area contributed by atoms with Gasteiger partial charge >= 0.3 is 5.97 Å². The number of allylic oxidation sites excluding steroid dienone is 1. The first-order valence-electron chi connectivity index (χ1n) is 13.0. The number of fused-ring (bicyclic) bond motifs is 5. The SMILES string of the molecule is CC(=NCCCC(N)(C(=O)O)C(F)F)C1CCC2C3CCC4=CC(=O)CCC4(C)C3CCC12C. The van der Waals surface area contributed by atoms with Crippen molar-refractivity contribution in [1.82, 2.24) is 0 Å². The molecule has 7 heteroatoms. The normalized spacial score (nSPS) is 39.7. The summed E-state index contributed by atoms with van der Waals surface area (Å²) in [4.78, 5) is 28.0. The molecule has 0 radical (unpaired) electrons. The Bertz CT molecular complexity index is 902. The highest BCUT2D eigenvalue weighted by Gasteiger charge is 2.59. The summed E-state index contributed by atoms with van der Waals surface area (Å²) in [6.45, 7) is 7.21. The minimum atomic E-state index is -3.10. The van der Waals surface area contributed by atoms with E-state index < -0.39 is 17.9 Å². The Morgan fingerprint density at radius 1 is 1.21 bits per heavy atom. The van der Waals surface area contributed by atoms with Crippen molar-refractivity contribution in [3.8, 4) is 0 Å². The van der Waals surface area contributed by atoms with Crippen molar-refractivity contribution < 1.29 is 23.5 Å². The Morgan fingerprint density at radius 2 is 1.94 bits per heavy atom. The van der Waals surface area contributed by atoms with E-state index in [0.29, 0.717) is 42.4 Å². The van der Waals surface area contributed by atoms with Crippen LogP contribution in [0.4, 0.5) is 8.78 Å². The summed E-state index contributed by atoms with van der Waals surface area (Å²) in [7, 11) is 0. The molecule has 4 aliphatic rings. The number of halogens is 2. The van der Waals surface area contributed by atoms with E-state index in [9.17, 15) is 18.4 Å². The summed E-state index contributed by atoms with van der Waals surface area (Å²) < 4.78 is 26.3. The monoisotopic (exact) mass is 478 g/mol. The maximum atomic E-state index is 13.1. The molecule has 7 atom stereocenters. The zero-order valence-corrected chi connectivity index (χ0v) is 20.8. The maximum absolute atomic E-state index is 13.1. The number of carboxylic acids is 1. The van der Waals surface area contributed by atoms with Crippen LogP contribution >= 0.6 is 0 Å². The van der Waals surface area contributed by atoms with Gasteiger partial charge in [0.1, 0.15) is 0 Å². The van der Waals surface area contributed by atoms with Crippen molar-refractivity contribution in [2.45, 2.75) is 96.9 Å². The smallest absolute Gasteiger partial charge is 0.329 e. The molecule has 3 N–H and O–H groups in total. The van der Waals surface area contributed by atoms with Crippen molar-refractivity contribution in [3.05, 3.63) is 11.6 Å². The van der Waals surface area contributed by atoms with Crippen LogP contribution in [-0.4, -0.2) is 41.1 Å². The Morgan fingerprint density at radius 3 is 2.62 bits per heavy atom. The van der Waals surface area contributed by atoms with E-state index >= 15 is 0 Å². The first-order chi connectivity index (χ1) is 15.9. The molecular weight excluding hydrogens is 438 g/mol. The average Bonchev–Trinajstić information content (AvgIpc) is 3.14. The van der Waals surface area contributed by atoms with E-state index in [-0.39, 0.29) is 23.7 Å². The lowest BCUT2D eigenvalue weighted by molar-refractivity contribution is -0.150. The molecule has 0 saturated heterocycles. The Labute approximate surface area is 201 Å². The number of rotatable bonds is 7. The number of carboxylic acid groups (broad SMARTS) is 1. The third kappa shape index (κ3) is 4.06. The highest BCUT2D eigenvalue weighted by Crippen LogP contribution is 2.66. The van der Waals surface area contributed by atoms with Gasteiger partial charge in [-0.1, -0.05) is 19.4 Å². The van der Waals surface area contributed by atoms with Crippen LogP contribution in [-0.2, 0) is 9.59 Å². The Hall–Kier alpha value is -1.63. The summed E-state index contributed by atoms with van der Waals surface area (Å²) >= 11 is 0. The van der Waals surface area contributed by atoms with Crippen molar-refractivity contribution >= 4 is 17.5 Å². The van der Waals surface area contributed by atoms with Crippen LogP contribution in [0.2, 0.25) is 0 Å². The number of nitrogens with two attached hydrogens (primary N) is 1. The van der Waals surface area contributed by atoms with Crippen molar-refractivity contribution in [2.75, 3.05) is 6.54 Å². The number of ketones is 1. The second-order valence-electron chi connectivity index (χ2n) is 11.9. The fourth-order valence-corrected chi connectivity index (χ4v) is 8.29. The van der Waals surface area contributed by atoms with Gasteiger partial charge in [-0.15, -0.1) is 0 Å². The van der Waals surface area contributed by atoms with Gasteiger partial charge in [0, 0.05) is 24.6 Å². The molecule has 7 unspecified atom stereocenters. The van der Waals surface area contributed by atoms with Crippen molar-refractivity contribution in [3.63, 3.8) is 0 Å². The molecule has 0 aromatic carbocycles. The van der Waals surface area contributed by atoms with Crippen LogP contribution in [0, 0.1) is 34.5 Å². The molecular formula is C27H40F2N2O3. The lowest BCUT2D eigenvalue weighted by Crippen LogP contribution is -2.54. The van der Waals surface area contributed by atoms with Crippen LogP contribution in [0.3, 0.4) is 0 Å². The van der Waals surface area contributed by atoms with Crippen LogP contribution in [0.5, 0.6) is 0 Å². The number of carbonyl (C=O) groups excluding carboxylic acids is 1. The molecule has 0 heterocycles. The van der Waals surface area contributed by atoms with Crippen LogP contribution in [0.1, 0.15) is 85.0 Å². The fourth-order valence-electron chi connectivity index (χ4n) is 8.29. The number of aliphatic imine (C=N–C) groups is 1. The Balaban J connectivity index is 1.43. The molecule has 0 amide bonds. The number of carbonyl (C=O) groups is 2. The molecule has 0 aliphatic heterocycles. The predicted octanol–water partition coefficient (Wildman–Crippen LogP) is 5.42. The van der Waals surface area contributed by atoms with E-state index in [0.717, 1.165) is 31.4 Å². The average molecular weight is 479 g/mol. The van der Waals surface area contributed by atoms with Gasteiger partial charge in [-0.25, -0.2) is 13.6 Å². The quantitative estimate of drug-likeness (QED) is 0.377. The van der Waals surface area contributed by atoms with E-state index in [2.05, 4.69) is 20.8 Å². The van der Waals surface area contributed by atoms with Gasteiger partial charge in [-0.3, -0.25) is 9.79 Å². The predicted molar refractivity (Wildman–Crippen MR) is 128 cm³/mol. The van der Waals surface area contributed by atoms with Gasteiger partial charge in [-0.2, -0.15) is 0 Å².